The van der Waals surface area contributed by atoms with Gasteiger partial charge in [0.15, 0.2) is 6.61 Å². The summed E-state index contributed by atoms with van der Waals surface area (Å²) in [4.78, 5) is 14.3. The average Bonchev–Trinajstić information content (AvgIpc) is 2.69. The molecule has 1 aliphatic rings. The molecule has 1 amide bonds. The molecule has 0 saturated carbocycles. The predicted octanol–water partition coefficient (Wildman–Crippen LogP) is 2.52. The average molecular weight is 403 g/mol. The molecule has 1 heterocycles. The van der Waals surface area contributed by atoms with Crippen LogP contribution in [0.1, 0.15) is 16.7 Å². The van der Waals surface area contributed by atoms with Crippen LogP contribution >= 0.6 is 0 Å². The fraction of sp³-hybridized carbons (Fsp3) is 0.381. The number of carbonyl (C=O) groups excluding carboxylic acids is 1. The number of benzene rings is 2. The first-order valence-corrected chi connectivity index (χ1v) is 10.8. The maximum absolute atomic E-state index is 12.9. The molecule has 28 heavy (non-hydrogen) atoms. The van der Waals surface area contributed by atoms with Gasteiger partial charge in [0.05, 0.1) is 4.90 Å². The summed E-state index contributed by atoms with van der Waals surface area (Å²) in [5.74, 6) is 0.513. The highest BCUT2D eigenvalue weighted by Gasteiger charge is 2.30. The molecule has 1 fully saturated rings. The van der Waals surface area contributed by atoms with Crippen LogP contribution in [0.5, 0.6) is 5.75 Å². The van der Waals surface area contributed by atoms with Crippen LogP contribution in [-0.2, 0) is 14.8 Å². The van der Waals surface area contributed by atoms with Gasteiger partial charge in [0, 0.05) is 26.2 Å². The number of aryl methyl sites for hydroxylation is 3. The second-order valence-corrected chi connectivity index (χ2v) is 9.07. The lowest BCUT2D eigenvalue weighted by Crippen LogP contribution is -2.51. The van der Waals surface area contributed by atoms with Crippen molar-refractivity contribution in [2.24, 2.45) is 0 Å². The van der Waals surface area contributed by atoms with Gasteiger partial charge < -0.3 is 9.64 Å². The van der Waals surface area contributed by atoms with Crippen molar-refractivity contribution in [2.45, 2.75) is 25.7 Å². The van der Waals surface area contributed by atoms with E-state index >= 15 is 0 Å². The molecule has 0 N–H and O–H groups in total. The summed E-state index contributed by atoms with van der Waals surface area (Å²) in [5.41, 5.74) is 3.13. The Morgan fingerprint density at radius 2 is 1.57 bits per heavy atom. The quantitative estimate of drug-likeness (QED) is 0.771. The van der Waals surface area contributed by atoms with Gasteiger partial charge in [-0.05, 0) is 56.2 Å². The van der Waals surface area contributed by atoms with Crippen molar-refractivity contribution in [3.63, 3.8) is 0 Å². The Morgan fingerprint density at radius 1 is 0.929 bits per heavy atom. The first-order chi connectivity index (χ1) is 13.3. The minimum Gasteiger partial charge on any atom is -0.484 e. The van der Waals surface area contributed by atoms with Crippen LogP contribution < -0.4 is 4.74 Å². The number of nitrogens with zero attached hydrogens (tertiary/aromatic N) is 2. The standard InChI is InChI=1S/C21H26N2O4S/c1-16-4-7-19(8-5-16)27-15-21(24)22-10-12-23(13-11-22)28(25,26)20-9-6-17(2)18(3)14-20/h4-9,14H,10-13,15H2,1-3H3. The van der Waals surface area contributed by atoms with Gasteiger partial charge in [-0.1, -0.05) is 23.8 Å². The Kier molecular flexibility index (Phi) is 6.05. The second kappa shape index (κ2) is 8.32. The van der Waals surface area contributed by atoms with Crippen LogP contribution in [-0.4, -0.2) is 56.3 Å². The van der Waals surface area contributed by atoms with Gasteiger partial charge in [0.25, 0.3) is 5.91 Å². The lowest BCUT2D eigenvalue weighted by molar-refractivity contribution is -0.134. The molecule has 0 spiro atoms. The second-order valence-electron chi connectivity index (χ2n) is 7.13. The molecule has 7 heteroatoms. The minimum absolute atomic E-state index is 0.0486. The highest BCUT2D eigenvalue weighted by molar-refractivity contribution is 7.89. The van der Waals surface area contributed by atoms with Crippen molar-refractivity contribution >= 4 is 15.9 Å². The zero-order chi connectivity index (χ0) is 20.3. The Hall–Kier alpha value is -2.38. The zero-order valence-corrected chi connectivity index (χ0v) is 17.3. The molecular weight excluding hydrogens is 376 g/mol. The van der Waals surface area contributed by atoms with Crippen LogP contribution in [0.3, 0.4) is 0 Å². The molecule has 0 aromatic heterocycles. The summed E-state index contributed by atoms with van der Waals surface area (Å²) < 4.78 is 32.7. The first kappa shape index (κ1) is 20.4. The van der Waals surface area contributed by atoms with E-state index in [2.05, 4.69) is 0 Å². The van der Waals surface area contributed by atoms with E-state index in [1.54, 1.807) is 17.0 Å². The number of piperazine rings is 1. The number of amides is 1. The van der Waals surface area contributed by atoms with E-state index < -0.39 is 10.0 Å². The van der Waals surface area contributed by atoms with E-state index in [9.17, 15) is 13.2 Å². The van der Waals surface area contributed by atoms with Crippen LogP contribution in [0.4, 0.5) is 0 Å². The van der Waals surface area contributed by atoms with Crippen molar-refractivity contribution < 1.29 is 17.9 Å². The summed E-state index contributed by atoms with van der Waals surface area (Å²) in [6.45, 7) is 7.08. The molecule has 0 unspecified atom stereocenters. The Labute approximate surface area is 166 Å². The number of carbonyl (C=O) groups is 1. The molecule has 0 atom stereocenters. The Balaban J connectivity index is 1.56. The highest BCUT2D eigenvalue weighted by atomic mass is 32.2. The summed E-state index contributed by atoms with van der Waals surface area (Å²) in [7, 11) is -3.55. The molecular formula is C21H26N2O4S. The molecule has 2 aromatic rings. The van der Waals surface area contributed by atoms with Crippen LogP contribution in [0, 0.1) is 20.8 Å². The fourth-order valence-corrected chi connectivity index (χ4v) is 4.58. The number of hydrogen-bond donors (Lipinski definition) is 0. The first-order valence-electron chi connectivity index (χ1n) is 9.32. The topological polar surface area (TPSA) is 66.9 Å². The fourth-order valence-electron chi connectivity index (χ4n) is 3.07. The highest BCUT2D eigenvalue weighted by Crippen LogP contribution is 2.20. The van der Waals surface area contributed by atoms with Crippen molar-refractivity contribution in [3.05, 3.63) is 59.2 Å². The summed E-state index contributed by atoms with van der Waals surface area (Å²) in [6, 6.07) is 12.7. The van der Waals surface area contributed by atoms with E-state index in [0.717, 1.165) is 16.7 Å². The Bertz CT molecular complexity index is 947. The zero-order valence-electron chi connectivity index (χ0n) is 16.5. The summed E-state index contributed by atoms with van der Waals surface area (Å²) >= 11 is 0. The molecule has 3 rings (SSSR count). The van der Waals surface area contributed by atoms with E-state index in [4.69, 9.17) is 4.74 Å². The van der Waals surface area contributed by atoms with E-state index in [1.807, 2.05) is 51.1 Å². The maximum Gasteiger partial charge on any atom is 0.260 e. The van der Waals surface area contributed by atoms with Crippen LogP contribution in [0.25, 0.3) is 0 Å². The van der Waals surface area contributed by atoms with Gasteiger partial charge in [-0.2, -0.15) is 4.31 Å². The van der Waals surface area contributed by atoms with Crippen molar-refractivity contribution in [2.75, 3.05) is 32.8 Å². The SMILES string of the molecule is Cc1ccc(OCC(=O)N2CCN(S(=O)(=O)c3ccc(C)c(C)c3)CC2)cc1. The smallest absolute Gasteiger partial charge is 0.260 e. The molecule has 150 valence electrons. The van der Waals surface area contributed by atoms with Gasteiger partial charge in [0.2, 0.25) is 10.0 Å². The van der Waals surface area contributed by atoms with Gasteiger partial charge in [-0.15, -0.1) is 0 Å². The minimum atomic E-state index is -3.55. The largest absolute Gasteiger partial charge is 0.484 e. The van der Waals surface area contributed by atoms with E-state index in [1.165, 1.54) is 4.31 Å². The third-order valence-electron chi connectivity index (χ3n) is 5.09. The lowest BCUT2D eigenvalue weighted by atomic mass is 10.1. The van der Waals surface area contributed by atoms with Gasteiger partial charge in [-0.3, -0.25) is 4.79 Å². The number of ether oxygens (including phenoxy) is 1. The van der Waals surface area contributed by atoms with Crippen molar-refractivity contribution in [3.8, 4) is 5.75 Å². The van der Waals surface area contributed by atoms with Gasteiger partial charge in [-0.25, -0.2) is 8.42 Å². The van der Waals surface area contributed by atoms with Crippen molar-refractivity contribution in [1.82, 2.24) is 9.21 Å². The van der Waals surface area contributed by atoms with E-state index in [0.29, 0.717) is 23.7 Å². The van der Waals surface area contributed by atoms with Gasteiger partial charge >= 0.3 is 0 Å². The molecule has 6 nitrogen and oxygen atoms in total. The molecule has 1 saturated heterocycles. The van der Waals surface area contributed by atoms with Crippen molar-refractivity contribution in [1.29, 1.82) is 0 Å². The van der Waals surface area contributed by atoms with E-state index in [-0.39, 0.29) is 25.6 Å². The maximum atomic E-state index is 12.9. The molecule has 1 aliphatic heterocycles. The molecule has 0 radical (unpaired) electrons. The Morgan fingerprint density at radius 3 is 2.18 bits per heavy atom. The number of hydrogen-bond acceptors (Lipinski definition) is 4. The lowest BCUT2D eigenvalue weighted by Gasteiger charge is -2.34. The summed E-state index contributed by atoms with van der Waals surface area (Å²) in [6.07, 6.45) is 0. The number of rotatable bonds is 5. The van der Waals surface area contributed by atoms with Crippen LogP contribution in [0.2, 0.25) is 0 Å². The third-order valence-corrected chi connectivity index (χ3v) is 6.99. The van der Waals surface area contributed by atoms with Crippen LogP contribution in [0.15, 0.2) is 47.4 Å². The monoisotopic (exact) mass is 402 g/mol. The molecule has 2 aromatic carbocycles. The predicted molar refractivity (Wildman–Crippen MR) is 108 cm³/mol. The third kappa shape index (κ3) is 4.54. The molecule has 0 aliphatic carbocycles. The summed E-state index contributed by atoms with van der Waals surface area (Å²) in [5, 5.41) is 0. The molecule has 0 bridgehead atoms. The normalized spacial score (nSPS) is 15.5. The number of sulfonamides is 1. The van der Waals surface area contributed by atoms with Gasteiger partial charge in [0.1, 0.15) is 5.75 Å².